The van der Waals surface area contributed by atoms with Crippen molar-refractivity contribution in [3.63, 3.8) is 0 Å². The molecule has 0 N–H and O–H groups in total. The highest BCUT2D eigenvalue weighted by molar-refractivity contribution is 6.12. The van der Waals surface area contributed by atoms with E-state index in [0.29, 0.717) is 17.5 Å². The minimum absolute atomic E-state index is 0.557. The Hall–Kier alpha value is -7.63. The Bertz CT molecular complexity index is 3240. The van der Waals surface area contributed by atoms with Gasteiger partial charge in [0.25, 0.3) is 0 Å². The molecular formula is C51H31N3O2. The zero-order valence-electron chi connectivity index (χ0n) is 30.1. The van der Waals surface area contributed by atoms with E-state index in [-0.39, 0.29) is 0 Å². The molecule has 0 fully saturated rings. The second kappa shape index (κ2) is 13.0. The first-order chi connectivity index (χ1) is 27.7. The molecule has 3 aromatic heterocycles. The van der Waals surface area contributed by atoms with Crippen molar-refractivity contribution in [1.29, 1.82) is 0 Å². The molecule has 0 unspecified atom stereocenters. The molecule has 56 heavy (non-hydrogen) atoms. The number of nitrogens with zero attached hydrogens (tertiary/aromatic N) is 3. The maximum absolute atomic E-state index is 6.68. The summed E-state index contributed by atoms with van der Waals surface area (Å²) in [7, 11) is 0. The zero-order chi connectivity index (χ0) is 37.0. The van der Waals surface area contributed by atoms with Gasteiger partial charge in [0, 0.05) is 49.4 Å². The lowest BCUT2D eigenvalue weighted by molar-refractivity contribution is 0.669. The molecule has 5 nitrogen and oxygen atoms in total. The molecule has 3 heterocycles. The van der Waals surface area contributed by atoms with Crippen LogP contribution in [0.1, 0.15) is 0 Å². The van der Waals surface area contributed by atoms with Gasteiger partial charge in [-0.25, -0.2) is 15.0 Å². The van der Waals surface area contributed by atoms with Crippen LogP contribution < -0.4 is 0 Å². The first-order valence-corrected chi connectivity index (χ1v) is 18.7. The molecule has 0 amide bonds. The van der Waals surface area contributed by atoms with Crippen molar-refractivity contribution in [3.8, 4) is 67.5 Å². The third-order valence-electron chi connectivity index (χ3n) is 10.5. The van der Waals surface area contributed by atoms with Gasteiger partial charge < -0.3 is 8.83 Å². The number of rotatable bonds is 6. The Balaban J connectivity index is 1.23. The summed E-state index contributed by atoms with van der Waals surface area (Å²) >= 11 is 0. The lowest BCUT2D eigenvalue weighted by Crippen LogP contribution is -2.02. The van der Waals surface area contributed by atoms with Crippen molar-refractivity contribution < 1.29 is 8.83 Å². The maximum Gasteiger partial charge on any atom is 0.164 e. The van der Waals surface area contributed by atoms with E-state index < -0.39 is 0 Å². The third kappa shape index (κ3) is 5.37. The lowest BCUT2D eigenvalue weighted by atomic mass is 9.86. The Labute approximate surface area is 322 Å². The summed E-state index contributed by atoms with van der Waals surface area (Å²) in [5.74, 6) is 1.70. The number of benzene rings is 8. The molecule has 11 rings (SSSR count). The monoisotopic (exact) mass is 717 g/mol. The molecule has 0 saturated heterocycles. The van der Waals surface area contributed by atoms with Crippen LogP contribution in [0.3, 0.4) is 0 Å². The standard InChI is InChI=1S/C51H31N3O2/c1-4-15-32(16-5-1)36-29-42(41-24-14-23-40-38-22-11-13-26-45(38)56-48(40)41)47(33-17-6-2-7-18-33)43(30-36)51-53-49(34-19-8-3-9-20-34)52-50(54-51)35-27-28-39-37-21-10-12-25-44(37)55-46(39)31-35/h1-31H. The molecule has 0 bridgehead atoms. The van der Waals surface area contributed by atoms with Crippen molar-refractivity contribution in [3.05, 3.63) is 188 Å². The van der Waals surface area contributed by atoms with E-state index in [1.807, 2.05) is 78.9 Å². The van der Waals surface area contributed by atoms with Crippen LogP contribution in [0.15, 0.2) is 197 Å². The zero-order valence-corrected chi connectivity index (χ0v) is 30.1. The third-order valence-corrected chi connectivity index (χ3v) is 10.5. The first kappa shape index (κ1) is 31.9. The Morgan fingerprint density at radius 3 is 1.55 bits per heavy atom. The second-order valence-corrected chi connectivity index (χ2v) is 13.9. The predicted molar refractivity (Wildman–Crippen MR) is 227 cm³/mol. The van der Waals surface area contributed by atoms with Crippen molar-refractivity contribution in [2.24, 2.45) is 0 Å². The molecule has 262 valence electrons. The Kier molecular flexibility index (Phi) is 7.42. The fourth-order valence-corrected chi connectivity index (χ4v) is 7.91. The van der Waals surface area contributed by atoms with E-state index in [1.165, 1.54) is 0 Å². The topological polar surface area (TPSA) is 65.0 Å². The molecular weight excluding hydrogens is 687 g/mol. The molecule has 0 aliphatic rings. The van der Waals surface area contributed by atoms with Crippen LogP contribution in [-0.4, -0.2) is 15.0 Å². The highest BCUT2D eigenvalue weighted by Crippen LogP contribution is 2.46. The van der Waals surface area contributed by atoms with Crippen LogP contribution in [0.4, 0.5) is 0 Å². The van der Waals surface area contributed by atoms with Crippen molar-refractivity contribution in [2.75, 3.05) is 0 Å². The van der Waals surface area contributed by atoms with Gasteiger partial charge in [0.15, 0.2) is 17.5 Å². The molecule has 0 saturated carbocycles. The van der Waals surface area contributed by atoms with E-state index in [2.05, 4.69) is 109 Å². The smallest absolute Gasteiger partial charge is 0.164 e. The van der Waals surface area contributed by atoms with Gasteiger partial charge >= 0.3 is 0 Å². The van der Waals surface area contributed by atoms with Crippen LogP contribution in [0.5, 0.6) is 0 Å². The lowest BCUT2D eigenvalue weighted by Gasteiger charge is -2.19. The van der Waals surface area contributed by atoms with Crippen molar-refractivity contribution in [2.45, 2.75) is 0 Å². The van der Waals surface area contributed by atoms with Crippen molar-refractivity contribution >= 4 is 43.9 Å². The van der Waals surface area contributed by atoms with Gasteiger partial charge in [0.05, 0.1) is 0 Å². The summed E-state index contributed by atoms with van der Waals surface area (Å²) in [5.41, 5.74) is 12.1. The quantitative estimate of drug-likeness (QED) is 0.171. The van der Waals surface area contributed by atoms with Gasteiger partial charge in [0.1, 0.15) is 22.3 Å². The number of furan rings is 2. The minimum atomic E-state index is 0.557. The fourth-order valence-electron chi connectivity index (χ4n) is 7.91. The van der Waals surface area contributed by atoms with Gasteiger partial charge in [-0.2, -0.15) is 0 Å². The molecule has 0 aliphatic heterocycles. The van der Waals surface area contributed by atoms with Crippen LogP contribution in [-0.2, 0) is 0 Å². The summed E-state index contributed by atoms with van der Waals surface area (Å²) in [4.78, 5) is 15.7. The number of hydrogen-bond donors (Lipinski definition) is 0. The van der Waals surface area contributed by atoms with Gasteiger partial charge in [-0.1, -0.05) is 152 Å². The summed E-state index contributed by atoms with van der Waals surface area (Å²) in [6.07, 6.45) is 0. The predicted octanol–water partition coefficient (Wildman–Crippen LogP) is 13.7. The van der Waals surface area contributed by atoms with Crippen LogP contribution in [0.25, 0.3) is 111 Å². The van der Waals surface area contributed by atoms with Crippen LogP contribution >= 0.6 is 0 Å². The van der Waals surface area contributed by atoms with E-state index in [1.54, 1.807) is 0 Å². The number of fused-ring (bicyclic) bond motifs is 6. The van der Waals surface area contributed by atoms with E-state index in [0.717, 1.165) is 93.9 Å². The van der Waals surface area contributed by atoms with E-state index in [4.69, 9.17) is 23.8 Å². The Morgan fingerprint density at radius 1 is 0.286 bits per heavy atom. The van der Waals surface area contributed by atoms with E-state index in [9.17, 15) is 0 Å². The highest BCUT2D eigenvalue weighted by atomic mass is 16.3. The van der Waals surface area contributed by atoms with Gasteiger partial charge in [-0.15, -0.1) is 0 Å². The summed E-state index contributed by atoms with van der Waals surface area (Å²) in [6, 6.07) is 64.5. The summed E-state index contributed by atoms with van der Waals surface area (Å²) < 4.78 is 13.0. The normalized spacial score (nSPS) is 11.6. The average molecular weight is 718 g/mol. The van der Waals surface area contributed by atoms with Gasteiger partial charge in [-0.3, -0.25) is 0 Å². The fraction of sp³-hybridized carbons (Fsp3) is 0. The molecule has 0 atom stereocenters. The summed E-state index contributed by atoms with van der Waals surface area (Å²) in [6.45, 7) is 0. The number of para-hydroxylation sites is 3. The number of aromatic nitrogens is 3. The maximum atomic E-state index is 6.68. The highest BCUT2D eigenvalue weighted by Gasteiger charge is 2.23. The molecule has 0 spiro atoms. The van der Waals surface area contributed by atoms with Gasteiger partial charge in [0.2, 0.25) is 0 Å². The van der Waals surface area contributed by atoms with E-state index >= 15 is 0 Å². The Morgan fingerprint density at radius 2 is 0.821 bits per heavy atom. The van der Waals surface area contributed by atoms with Gasteiger partial charge in [-0.05, 0) is 58.7 Å². The SMILES string of the molecule is c1ccc(-c2cc(-c3nc(-c4ccccc4)nc(-c4ccc5c(c4)oc4ccccc45)n3)c(-c3ccccc3)c(-c3cccc4c3oc3ccccc34)c2)cc1. The molecule has 0 aliphatic carbocycles. The average Bonchev–Trinajstić information content (AvgIpc) is 3.85. The number of hydrogen-bond acceptors (Lipinski definition) is 5. The first-order valence-electron chi connectivity index (χ1n) is 18.7. The summed E-state index contributed by atoms with van der Waals surface area (Å²) in [5, 5.41) is 4.28. The van der Waals surface area contributed by atoms with Crippen molar-refractivity contribution in [1.82, 2.24) is 15.0 Å². The van der Waals surface area contributed by atoms with Crippen LogP contribution in [0, 0.1) is 0 Å². The molecule has 8 aromatic carbocycles. The molecule has 0 radical (unpaired) electrons. The second-order valence-electron chi connectivity index (χ2n) is 13.9. The largest absolute Gasteiger partial charge is 0.456 e. The molecule has 11 aromatic rings. The minimum Gasteiger partial charge on any atom is -0.456 e. The van der Waals surface area contributed by atoms with Crippen LogP contribution in [0.2, 0.25) is 0 Å². The molecule has 5 heteroatoms.